The number of fused-ring (bicyclic) bond motifs is 1. The molecule has 0 N–H and O–H groups in total. The fourth-order valence-corrected chi connectivity index (χ4v) is 3.86. The van der Waals surface area contributed by atoms with Crippen molar-refractivity contribution in [2.75, 3.05) is 7.11 Å². The molecule has 0 bridgehead atoms. The van der Waals surface area contributed by atoms with E-state index in [1.807, 2.05) is 32.0 Å². The van der Waals surface area contributed by atoms with Gasteiger partial charge in [0.05, 0.1) is 30.9 Å². The Morgan fingerprint density at radius 3 is 2.60 bits per heavy atom. The van der Waals surface area contributed by atoms with Crippen molar-refractivity contribution in [3.63, 3.8) is 0 Å². The normalized spacial score (nSPS) is 14.9. The lowest BCUT2D eigenvalue weighted by molar-refractivity contribution is 0.100. The quantitative estimate of drug-likeness (QED) is 0.763. The molecule has 25 heavy (non-hydrogen) atoms. The van der Waals surface area contributed by atoms with E-state index in [1.165, 1.54) is 0 Å². The molecule has 0 radical (unpaired) electrons. The number of hydrogen-bond acceptors (Lipinski definition) is 5. The Labute approximate surface area is 151 Å². The number of thioether (sulfide) groups is 1. The summed E-state index contributed by atoms with van der Waals surface area (Å²) in [5.41, 5.74) is 2.85. The third kappa shape index (κ3) is 3.75. The molecule has 0 atom stereocenters. The maximum atomic E-state index is 12.7. The van der Waals surface area contributed by atoms with E-state index >= 15 is 0 Å². The van der Waals surface area contributed by atoms with Crippen LogP contribution in [0.5, 0.6) is 5.75 Å². The molecule has 0 aliphatic carbocycles. The second-order valence-corrected chi connectivity index (χ2v) is 7.90. The highest BCUT2D eigenvalue weighted by atomic mass is 32.2. The molecule has 2 aromatic rings. The molecule has 5 heteroatoms. The highest BCUT2D eigenvalue weighted by Crippen LogP contribution is 2.42. The molecule has 0 saturated heterocycles. The summed E-state index contributed by atoms with van der Waals surface area (Å²) in [6.45, 7) is 4.08. The van der Waals surface area contributed by atoms with Gasteiger partial charge in [0.25, 0.3) is 0 Å². The molecule has 1 heterocycles. The zero-order chi connectivity index (χ0) is 18.0. The van der Waals surface area contributed by atoms with Gasteiger partial charge in [-0.15, -0.1) is 0 Å². The summed E-state index contributed by atoms with van der Waals surface area (Å²) >= 11 is 1.67. The SMILES string of the molecule is COc1ccc2c(c1)C(CC(=O)c1ccc(C#N)cc1)=NC(C)(C)S2. The predicted molar refractivity (Wildman–Crippen MR) is 99.6 cm³/mol. The van der Waals surface area contributed by atoms with Crippen LogP contribution in [0, 0.1) is 11.3 Å². The fourth-order valence-electron chi connectivity index (χ4n) is 2.75. The molecule has 0 amide bonds. The van der Waals surface area contributed by atoms with Gasteiger partial charge in [-0.05, 0) is 44.2 Å². The minimum absolute atomic E-state index is 0.0142. The summed E-state index contributed by atoms with van der Waals surface area (Å²) in [5, 5.41) is 8.88. The second-order valence-electron chi connectivity index (χ2n) is 6.26. The fraction of sp³-hybridized carbons (Fsp3) is 0.250. The van der Waals surface area contributed by atoms with Crippen LogP contribution < -0.4 is 4.74 Å². The molecule has 126 valence electrons. The van der Waals surface area contributed by atoms with Crippen LogP contribution in [0.1, 0.15) is 41.8 Å². The van der Waals surface area contributed by atoms with E-state index in [0.717, 1.165) is 21.9 Å². The number of nitrogens with zero attached hydrogens (tertiary/aromatic N) is 2. The van der Waals surface area contributed by atoms with E-state index in [4.69, 9.17) is 15.0 Å². The number of ketones is 1. The highest BCUT2D eigenvalue weighted by molar-refractivity contribution is 8.00. The Balaban J connectivity index is 1.93. The van der Waals surface area contributed by atoms with Gasteiger partial charge in [-0.3, -0.25) is 9.79 Å². The zero-order valence-corrected chi connectivity index (χ0v) is 15.2. The van der Waals surface area contributed by atoms with Crippen LogP contribution in [0.3, 0.4) is 0 Å². The molecule has 0 spiro atoms. The maximum Gasteiger partial charge on any atom is 0.168 e. The van der Waals surface area contributed by atoms with Crippen molar-refractivity contribution in [3.8, 4) is 11.8 Å². The molecule has 3 rings (SSSR count). The van der Waals surface area contributed by atoms with Crippen molar-refractivity contribution in [2.24, 2.45) is 4.99 Å². The smallest absolute Gasteiger partial charge is 0.168 e. The zero-order valence-electron chi connectivity index (χ0n) is 14.4. The molecular weight excluding hydrogens is 332 g/mol. The summed E-state index contributed by atoms with van der Waals surface area (Å²) < 4.78 is 5.32. The molecule has 2 aromatic carbocycles. The Morgan fingerprint density at radius 1 is 1.24 bits per heavy atom. The third-order valence-corrected chi connectivity index (χ3v) is 5.09. The van der Waals surface area contributed by atoms with E-state index in [0.29, 0.717) is 11.1 Å². The van der Waals surface area contributed by atoms with E-state index in [9.17, 15) is 4.79 Å². The van der Waals surface area contributed by atoms with Crippen molar-refractivity contribution in [2.45, 2.75) is 30.0 Å². The number of benzene rings is 2. The van der Waals surface area contributed by atoms with Crippen LogP contribution in [0.25, 0.3) is 0 Å². The first-order valence-electron chi connectivity index (χ1n) is 7.91. The average molecular weight is 350 g/mol. The number of aliphatic imine (C=N–C) groups is 1. The van der Waals surface area contributed by atoms with Crippen molar-refractivity contribution < 1.29 is 9.53 Å². The molecule has 0 fully saturated rings. The first-order valence-corrected chi connectivity index (χ1v) is 8.73. The maximum absolute atomic E-state index is 12.7. The minimum Gasteiger partial charge on any atom is -0.497 e. The number of Topliss-reactive ketones (excluding diaryl/α,β-unsaturated/α-hetero) is 1. The van der Waals surface area contributed by atoms with E-state index in [1.54, 1.807) is 43.1 Å². The van der Waals surface area contributed by atoms with Gasteiger partial charge < -0.3 is 4.74 Å². The van der Waals surface area contributed by atoms with Gasteiger partial charge in [-0.2, -0.15) is 5.26 Å². The third-order valence-electron chi connectivity index (χ3n) is 3.93. The van der Waals surface area contributed by atoms with Gasteiger partial charge >= 0.3 is 0 Å². The summed E-state index contributed by atoms with van der Waals surface area (Å²) in [6, 6.07) is 14.6. The Bertz CT molecular complexity index is 893. The Kier molecular flexibility index (Phi) is 4.65. The Morgan fingerprint density at radius 2 is 1.96 bits per heavy atom. The molecule has 1 aliphatic heterocycles. The summed E-state index contributed by atoms with van der Waals surface area (Å²) in [6.07, 6.45) is 0.218. The van der Waals surface area contributed by atoms with Crippen LogP contribution in [-0.4, -0.2) is 23.5 Å². The molecule has 1 aliphatic rings. The standard InChI is InChI=1S/C20H18N2O2S/c1-20(2)22-17(16-10-15(24-3)8-9-19(16)25-20)11-18(23)14-6-4-13(12-21)5-7-14/h4-10H,11H2,1-3H3. The number of ether oxygens (including phenoxy) is 1. The molecule has 4 nitrogen and oxygen atoms in total. The molecule has 0 unspecified atom stereocenters. The van der Waals surface area contributed by atoms with Crippen LogP contribution >= 0.6 is 11.8 Å². The predicted octanol–water partition coefficient (Wildman–Crippen LogP) is 4.47. The lowest BCUT2D eigenvalue weighted by Crippen LogP contribution is -2.23. The number of nitriles is 1. The summed E-state index contributed by atoms with van der Waals surface area (Å²) in [7, 11) is 1.63. The van der Waals surface area contributed by atoms with Crippen LogP contribution in [0.15, 0.2) is 52.4 Å². The number of carbonyl (C=O) groups is 1. The highest BCUT2D eigenvalue weighted by Gasteiger charge is 2.29. The van der Waals surface area contributed by atoms with Crippen molar-refractivity contribution in [1.82, 2.24) is 0 Å². The number of carbonyl (C=O) groups excluding carboxylic acids is 1. The second kappa shape index (κ2) is 6.73. The van der Waals surface area contributed by atoms with Gasteiger partial charge in [-0.25, -0.2) is 0 Å². The Hall–Kier alpha value is -2.58. The molecule has 0 saturated carbocycles. The van der Waals surface area contributed by atoms with E-state index < -0.39 is 0 Å². The number of rotatable bonds is 4. The first-order chi connectivity index (χ1) is 11.9. The van der Waals surface area contributed by atoms with Crippen molar-refractivity contribution in [1.29, 1.82) is 5.26 Å². The van der Waals surface area contributed by atoms with Gasteiger partial charge in [0.2, 0.25) is 0 Å². The molecular formula is C20H18N2O2S. The minimum atomic E-state index is -0.318. The van der Waals surface area contributed by atoms with Gasteiger partial charge in [0.1, 0.15) is 10.6 Å². The van der Waals surface area contributed by atoms with Crippen LogP contribution in [0.2, 0.25) is 0 Å². The van der Waals surface area contributed by atoms with Gasteiger partial charge in [0, 0.05) is 16.0 Å². The summed E-state index contributed by atoms with van der Waals surface area (Å²) in [5.74, 6) is 0.734. The van der Waals surface area contributed by atoms with Crippen LogP contribution in [-0.2, 0) is 0 Å². The van der Waals surface area contributed by atoms with Gasteiger partial charge in [0.15, 0.2) is 5.78 Å². The molecule has 0 aromatic heterocycles. The van der Waals surface area contributed by atoms with Gasteiger partial charge in [-0.1, -0.05) is 23.9 Å². The topological polar surface area (TPSA) is 62.5 Å². The summed E-state index contributed by atoms with van der Waals surface area (Å²) in [4.78, 5) is 18.2. The number of methoxy groups -OCH3 is 1. The van der Waals surface area contributed by atoms with E-state index in [2.05, 4.69) is 6.07 Å². The first kappa shape index (κ1) is 17.2. The lowest BCUT2D eigenvalue weighted by Gasteiger charge is -2.28. The lowest BCUT2D eigenvalue weighted by atomic mass is 9.99. The monoisotopic (exact) mass is 350 g/mol. The van der Waals surface area contributed by atoms with E-state index in [-0.39, 0.29) is 17.1 Å². The number of hydrogen-bond donors (Lipinski definition) is 0. The largest absolute Gasteiger partial charge is 0.497 e. The van der Waals surface area contributed by atoms with Crippen molar-refractivity contribution >= 4 is 23.3 Å². The average Bonchev–Trinajstić information content (AvgIpc) is 2.60. The van der Waals surface area contributed by atoms with Crippen molar-refractivity contribution in [3.05, 3.63) is 59.2 Å². The van der Waals surface area contributed by atoms with Crippen LogP contribution in [0.4, 0.5) is 0 Å².